The fourth-order valence-electron chi connectivity index (χ4n) is 2.42. The summed E-state index contributed by atoms with van der Waals surface area (Å²) in [5.41, 5.74) is -1.75. The number of nitrogens with one attached hydrogen (secondary N) is 1. The van der Waals surface area contributed by atoms with Gasteiger partial charge in [0.15, 0.2) is 0 Å². The Kier molecular flexibility index (Phi) is 6.18. The summed E-state index contributed by atoms with van der Waals surface area (Å²) in [5, 5.41) is 10.5. The van der Waals surface area contributed by atoms with Crippen LogP contribution in [0.5, 0.6) is 5.75 Å². The molecule has 9 heteroatoms. The van der Waals surface area contributed by atoms with E-state index in [4.69, 9.17) is 4.74 Å². The highest BCUT2D eigenvalue weighted by Crippen LogP contribution is 2.30. The molecule has 0 aliphatic heterocycles. The van der Waals surface area contributed by atoms with Gasteiger partial charge in [-0.2, -0.15) is 13.2 Å². The fourth-order valence-corrected chi connectivity index (χ4v) is 3.63. The highest BCUT2D eigenvalue weighted by Gasteiger charge is 2.32. The van der Waals surface area contributed by atoms with Crippen LogP contribution >= 0.6 is 0 Å². The summed E-state index contributed by atoms with van der Waals surface area (Å²) >= 11 is 0. The number of alkyl halides is 3. The molecule has 0 amide bonds. The Bertz CT molecular complexity index is 878. The van der Waals surface area contributed by atoms with Crippen LogP contribution in [0.3, 0.4) is 0 Å². The second-order valence-electron chi connectivity index (χ2n) is 6.37. The second-order valence-corrected chi connectivity index (χ2v) is 8.14. The molecule has 0 bridgehead atoms. The lowest BCUT2D eigenvalue weighted by Crippen LogP contribution is -2.42. The number of rotatable bonds is 7. The van der Waals surface area contributed by atoms with Gasteiger partial charge >= 0.3 is 6.18 Å². The number of ether oxygens (including phenoxy) is 1. The average Bonchev–Trinajstić information content (AvgIpc) is 2.60. The maximum atomic E-state index is 12.8. The quantitative estimate of drug-likeness (QED) is 0.745. The van der Waals surface area contributed by atoms with Crippen LogP contribution in [0.15, 0.2) is 53.4 Å². The molecule has 0 aromatic heterocycles. The van der Waals surface area contributed by atoms with Gasteiger partial charge in [-0.3, -0.25) is 0 Å². The van der Waals surface area contributed by atoms with Gasteiger partial charge in [0.2, 0.25) is 10.0 Å². The van der Waals surface area contributed by atoms with Gasteiger partial charge in [-0.15, -0.1) is 0 Å². The van der Waals surface area contributed by atoms with E-state index in [0.29, 0.717) is 11.8 Å². The Morgan fingerprint density at radius 3 is 2.30 bits per heavy atom. The maximum absolute atomic E-state index is 12.8. The van der Waals surface area contributed by atoms with E-state index in [9.17, 15) is 26.7 Å². The number of methoxy groups -OCH3 is 1. The maximum Gasteiger partial charge on any atom is 0.416 e. The summed E-state index contributed by atoms with van der Waals surface area (Å²) in [6.45, 7) is 1.07. The monoisotopic (exact) mass is 403 g/mol. The lowest BCUT2D eigenvalue weighted by molar-refractivity contribution is -0.137. The molecule has 0 unspecified atom stereocenters. The average molecular weight is 403 g/mol. The van der Waals surface area contributed by atoms with Crippen molar-refractivity contribution in [2.45, 2.75) is 30.0 Å². The van der Waals surface area contributed by atoms with E-state index in [0.717, 1.165) is 23.8 Å². The van der Waals surface area contributed by atoms with Crippen LogP contribution in [0.4, 0.5) is 13.2 Å². The van der Waals surface area contributed by atoms with Crippen molar-refractivity contribution in [3.63, 3.8) is 0 Å². The summed E-state index contributed by atoms with van der Waals surface area (Å²) in [7, 11) is -2.69. The molecule has 0 heterocycles. The lowest BCUT2D eigenvalue weighted by Gasteiger charge is -2.24. The van der Waals surface area contributed by atoms with Crippen molar-refractivity contribution in [1.29, 1.82) is 0 Å². The fraction of sp³-hybridized carbons (Fsp3) is 0.333. The summed E-state index contributed by atoms with van der Waals surface area (Å²) in [4.78, 5) is -0.516. The third-order valence-corrected chi connectivity index (χ3v) is 5.26. The largest absolute Gasteiger partial charge is 0.497 e. The molecule has 2 rings (SSSR count). The lowest BCUT2D eigenvalue weighted by atomic mass is 9.97. The van der Waals surface area contributed by atoms with Crippen LogP contribution in [0, 0.1) is 0 Å². The van der Waals surface area contributed by atoms with Crippen LogP contribution in [0.25, 0.3) is 0 Å². The smallest absolute Gasteiger partial charge is 0.416 e. The Balaban J connectivity index is 2.08. The first-order valence-electron chi connectivity index (χ1n) is 7.95. The standard InChI is InChI=1S/C18H20F3NO4S/c1-17(23,11-13-6-8-15(26-2)9-7-13)12-22-27(24,25)16-5-3-4-14(10-16)18(19,20)21/h3-10,22-23H,11-12H2,1-2H3/t17-/m0/s1. The number of halogens is 3. The molecule has 27 heavy (non-hydrogen) atoms. The zero-order chi connectivity index (χ0) is 20.3. The molecule has 5 nitrogen and oxygen atoms in total. The van der Waals surface area contributed by atoms with E-state index in [-0.39, 0.29) is 13.0 Å². The van der Waals surface area contributed by atoms with Crippen molar-refractivity contribution in [2.75, 3.05) is 13.7 Å². The van der Waals surface area contributed by atoms with Gasteiger partial charge in [0.1, 0.15) is 5.75 Å². The Morgan fingerprint density at radius 1 is 1.11 bits per heavy atom. The molecule has 2 N–H and O–H groups in total. The first-order valence-corrected chi connectivity index (χ1v) is 9.43. The predicted molar refractivity (Wildman–Crippen MR) is 94.0 cm³/mol. The summed E-state index contributed by atoms with van der Waals surface area (Å²) in [6, 6.07) is 10.3. The van der Waals surface area contributed by atoms with Crippen LogP contribution in [0.1, 0.15) is 18.1 Å². The summed E-state index contributed by atoms with van der Waals surface area (Å²) in [6.07, 6.45) is -4.51. The van der Waals surface area contributed by atoms with E-state index in [1.165, 1.54) is 14.0 Å². The Hall–Kier alpha value is -2.10. The summed E-state index contributed by atoms with van der Waals surface area (Å²) in [5.74, 6) is 0.642. The van der Waals surface area contributed by atoms with Crippen molar-refractivity contribution in [1.82, 2.24) is 4.72 Å². The molecule has 0 aliphatic rings. The minimum absolute atomic E-state index is 0.141. The normalized spacial score (nSPS) is 14.6. The zero-order valence-corrected chi connectivity index (χ0v) is 15.6. The third-order valence-electron chi connectivity index (χ3n) is 3.86. The number of aliphatic hydroxyl groups is 1. The van der Waals surface area contributed by atoms with E-state index >= 15 is 0 Å². The van der Waals surface area contributed by atoms with Crippen LogP contribution in [-0.2, 0) is 22.6 Å². The van der Waals surface area contributed by atoms with Crippen LogP contribution < -0.4 is 9.46 Å². The van der Waals surface area contributed by atoms with Crippen molar-refractivity contribution >= 4 is 10.0 Å². The van der Waals surface area contributed by atoms with Gasteiger partial charge in [0, 0.05) is 13.0 Å². The van der Waals surface area contributed by atoms with Crippen molar-refractivity contribution in [3.05, 3.63) is 59.7 Å². The molecule has 0 aliphatic carbocycles. The SMILES string of the molecule is COc1ccc(C[C@](C)(O)CNS(=O)(=O)c2cccc(C(F)(F)F)c2)cc1. The van der Waals surface area contributed by atoms with Gasteiger partial charge in [-0.25, -0.2) is 13.1 Å². The molecule has 148 valence electrons. The highest BCUT2D eigenvalue weighted by atomic mass is 32.2. The molecule has 1 atom stereocenters. The molecule has 0 saturated carbocycles. The molecule has 0 spiro atoms. The Labute approximate surface area is 155 Å². The first kappa shape index (κ1) is 21.2. The minimum Gasteiger partial charge on any atom is -0.497 e. The topological polar surface area (TPSA) is 75.6 Å². The molecule has 2 aromatic carbocycles. The predicted octanol–water partition coefficient (Wildman–Crippen LogP) is 2.99. The number of hydrogen-bond acceptors (Lipinski definition) is 4. The van der Waals surface area contributed by atoms with Gasteiger partial charge in [-0.05, 0) is 42.8 Å². The van der Waals surface area contributed by atoms with Gasteiger partial charge < -0.3 is 9.84 Å². The molecule has 0 fully saturated rings. The van der Waals surface area contributed by atoms with Crippen molar-refractivity contribution < 1.29 is 31.4 Å². The summed E-state index contributed by atoms with van der Waals surface area (Å²) < 4.78 is 70.1. The van der Waals surface area contributed by atoms with Crippen molar-refractivity contribution in [3.8, 4) is 5.75 Å². The number of sulfonamides is 1. The van der Waals surface area contributed by atoms with E-state index < -0.39 is 32.3 Å². The molecular weight excluding hydrogens is 383 g/mol. The second kappa shape index (κ2) is 7.87. The van der Waals surface area contributed by atoms with Gasteiger partial charge in [-0.1, -0.05) is 18.2 Å². The van der Waals surface area contributed by atoms with Crippen molar-refractivity contribution in [2.24, 2.45) is 0 Å². The zero-order valence-electron chi connectivity index (χ0n) is 14.7. The van der Waals surface area contributed by atoms with E-state index in [1.54, 1.807) is 24.3 Å². The minimum atomic E-state index is -4.65. The molecular formula is C18H20F3NO4S. The van der Waals surface area contributed by atoms with Crippen LogP contribution in [0.2, 0.25) is 0 Å². The van der Waals surface area contributed by atoms with E-state index in [1.807, 2.05) is 0 Å². The molecule has 0 saturated heterocycles. The van der Waals surface area contributed by atoms with Gasteiger partial charge in [0.25, 0.3) is 0 Å². The molecule has 2 aromatic rings. The highest BCUT2D eigenvalue weighted by molar-refractivity contribution is 7.89. The van der Waals surface area contributed by atoms with E-state index in [2.05, 4.69) is 4.72 Å². The Morgan fingerprint density at radius 2 is 1.74 bits per heavy atom. The van der Waals surface area contributed by atoms with Crippen LogP contribution in [-0.4, -0.2) is 32.8 Å². The van der Waals surface area contributed by atoms with Gasteiger partial charge in [0.05, 0.1) is 23.2 Å². The first-order chi connectivity index (χ1) is 12.4. The molecule has 0 radical (unpaired) electrons. The number of hydrogen-bond donors (Lipinski definition) is 2. The number of benzene rings is 2. The third kappa shape index (κ3) is 5.95.